The van der Waals surface area contributed by atoms with Crippen LogP contribution >= 0.6 is 0 Å². The number of carbonyl (C=O) groups is 1. The van der Waals surface area contributed by atoms with Gasteiger partial charge in [-0.15, -0.1) is 0 Å². The van der Waals surface area contributed by atoms with Crippen molar-refractivity contribution in [2.45, 2.75) is 45.7 Å². The lowest BCUT2D eigenvalue weighted by molar-refractivity contribution is 0.128. The lowest BCUT2D eigenvalue weighted by Crippen LogP contribution is -2.51. The molecule has 0 saturated carbocycles. The summed E-state index contributed by atoms with van der Waals surface area (Å²) in [6.45, 7) is 8.12. The molecule has 1 aromatic heterocycles. The molecule has 2 aliphatic rings. The van der Waals surface area contributed by atoms with Crippen molar-refractivity contribution >= 4 is 11.7 Å². The number of rotatable bonds is 4. The molecule has 1 fully saturated rings. The summed E-state index contributed by atoms with van der Waals surface area (Å²) >= 11 is 0. The molecule has 166 valence electrons. The zero-order valence-corrected chi connectivity index (χ0v) is 18.9. The largest absolute Gasteiger partial charge is 0.361 e. The average molecular weight is 431 g/mol. The normalized spacial score (nSPS) is 20.0. The Kier molecular flexibility index (Phi) is 5.47. The molecule has 3 aromatic rings. The first-order valence-electron chi connectivity index (χ1n) is 11.5. The number of amides is 2. The van der Waals surface area contributed by atoms with Crippen LogP contribution in [-0.4, -0.2) is 35.2 Å². The SMILES string of the molecule is Cc1noc(C)c1-c1ccc2c(c1)C(c1ccccc1)N(C(C)C1CCNCC1)C(=O)N2. The molecule has 0 radical (unpaired) electrons. The second-order valence-corrected chi connectivity index (χ2v) is 8.98. The Balaban J connectivity index is 1.63. The molecule has 5 rings (SSSR count). The van der Waals surface area contributed by atoms with Gasteiger partial charge < -0.3 is 20.1 Å². The molecule has 3 heterocycles. The van der Waals surface area contributed by atoms with Crippen LogP contribution in [0.15, 0.2) is 53.1 Å². The van der Waals surface area contributed by atoms with Gasteiger partial charge >= 0.3 is 6.03 Å². The van der Waals surface area contributed by atoms with E-state index >= 15 is 0 Å². The predicted octanol–water partition coefficient (Wildman–Crippen LogP) is 5.28. The first kappa shape index (κ1) is 20.8. The standard InChI is InChI=1S/C26H30N4O2/c1-16-24(18(3)32-29-16)21-9-10-23-22(15-21)25(20-7-5-4-6-8-20)30(26(31)28-23)17(2)19-11-13-27-14-12-19/h4-10,15,17,19,25,27H,11-14H2,1-3H3,(H,28,31). The smallest absolute Gasteiger partial charge is 0.322 e. The van der Waals surface area contributed by atoms with Crippen molar-refractivity contribution in [1.29, 1.82) is 0 Å². The minimum absolute atomic E-state index is 0.0255. The Hall–Kier alpha value is -3.12. The van der Waals surface area contributed by atoms with Crippen LogP contribution < -0.4 is 10.6 Å². The quantitative estimate of drug-likeness (QED) is 0.591. The van der Waals surface area contributed by atoms with E-state index in [2.05, 4.69) is 45.8 Å². The Morgan fingerprint density at radius 3 is 2.53 bits per heavy atom. The van der Waals surface area contributed by atoms with Gasteiger partial charge in [0.05, 0.1) is 11.7 Å². The van der Waals surface area contributed by atoms with Crippen molar-refractivity contribution in [3.8, 4) is 11.1 Å². The first-order chi connectivity index (χ1) is 15.5. The number of carbonyl (C=O) groups excluding carboxylic acids is 1. The predicted molar refractivity (Wildman–Crippen MR) is 126 cm³/mol. The van der Waals surface area contributed by atoms with Gasteiger partial charge in [0.15, 0.2) is 0 Å². The highest BCUT2D eigenvalue weighted by Gasteiger charge is 2.39. The molecule has 2 unspecified atom stereocenters. The first-order valence-corrected chi connectivity index (χ1v) is 11.5. The number of aromatic nitrogens is 1. The van der Waals surface area contributed by atoms with Crippen LogP contribution in [0.4, 0.5) is 10.5 Å². The van der Waals surface area contributed by atoms with E-state index in [4.69, 9.17) is 4.52 Å². The van der Waals surface area contributed by atoms with Gasteiger partial charge in [0.1, 0.15) is 5.76 Å². The monoisotopic (exact) mass is 430 g/mol. The highest BCUT2D eigenvalue weighted by Crippen LogP contribution is 2.43. The van der Waals surface area contributed by atoms with Crippen molar-refractivity contribution in [3.63, 3.8) is 0 Å². The molecule has 32 heavy (non-hydrogen) atoms. The van der Waals surface area contributed by atoms with Crippen LogP contribution in [0.5, 0.6) is 0 Å². The summed E-state index contributed by atoms with van der Waals surface area (Å²) in [5.41, 5.74) is 6.06. The van der Waals surface area contributed by atoms with E-state index in [-0.39, 0.29) is 18.1 Å². The number of nitrogens with one attached hydrogen (secondary N) is 2. The highest BCUT2D eigenvalue weighted by atomic mass is 16.5. The molecule has 6 nitrogen and oxygen atoms in total. The van der Waals surface area contributed by atoms with Crippen LogP contribution in [-0.2, 0) is 0 Å². The van der Waals surface area contributed by atoms with Gasteiger partial charge in [0.2, 0.25) is 0 Å². The van der Waals surface area contributed by atoms with Crippen LogP contribution in [0.2, 0.25) is 0 Å². The summed E-state index contributed by atoms with van der Waals surface area (Å²) in [6.07, 6.45) is 2.16. The lowest BCUT2D eigenvalue weighted by Gasteiger charge is -2.45. The summed E-state index contributed by atoms with van der Waals surface area (Å²) < 4.78 is 5.42. The van der Waals surface area contributed by atoms with Crippen LogP contribution in [0, 0.1) is 19.8 Å². The zero-order chi connectivity index (χ0) is 22.2. The van der Waals surface area contributed by atoms with Crippen molar-refractivity contribution < 1.29 is 9.32 Å². The van der Waals surface area contributed by atoms with Gasteiger partial charge in [-0.1, -0.05) is 41.6 Å². The maximum Gasteiger partial charge on any atom is 0.322 e. The number of hydrogen-bond donors (Lipinski definition) is 2. The van der Waals surface area contributed by atoms with Gasteiger partial charge in [0.25, 0.3) is 0 Å². The molecule has 0 bridgehead atoms. The summed E-state index contributed by atoms with van der Waals surface area (Å²) in [6, 6.07) is 16.6. The van der Waals surface area contributed by atoms with Gasteiger partial charge in [-0.3, -0.25) is 0 Å². The summed E-state index contributed by atoms with van der Waals surface area (Å²) in [4.78, 5) is 15.5. The van der Waals surface area contributed by atoms with E-state index in [1.54, 1.807) is 0 Å². The van der Waals surface area contributed by atoms with Crippen molar-refractivity contribution in [2.75, 3.05) is 18.4 Å². The number of aryl methyl sites for hydroxylation is 2. The molecule has 2 aromatic carbocycles. The second kappa shape index (κ2) is 8.43. The van der Waals surface area contributed by atoms with Crippen molar-refractivity contribution in [3.05, 3.63) is 71.1 Å². The average Bonchev–Trinajstić information content (AvgIpc) is 3.16. The number of nitrogens with zero attached hydrogens (tertiary/aromatic N) is 2. The Morgan fingerprint density at radius 1 is 1.09 bits per heavy atom. The molecular weight excluding hydrogens is 400 g/mol. The number of anilines is 1. The summed E-state index contributed by atoms with van der Waals surface area (Å²) in [5, 5.41) is 10.7. The van der Waals surface area contributed by atoms with E-state index < -0.39 is 0 Å². The third-order valence-corrected chi connectivity index (χ3v) is 7.04. The Labute approximate surface area is 189 Å². The maximum atomic E-state index is 13.4. The van der Waals surface area contributed by atoms with Crippen LogP contribution in [0.3, 0.4) is 0 Å². The minimum Gasteiger partial charge on any atom is -0.361 e. The van der Waals surface area contributed by atoms with Crippen LogP contribution in [0.25, 0.3) is 11.1 Å². The molecule has 0 spiro atoms. The van der Waals surface area contributed by atoms with Crippen LogP contribution in [0.1, 0.15) is 48.4 Å². The number of fused-ring (bicyclic) bond motifs is 1. The molecule has 2 amide bonds. The molecule has 1 saturated heterocycles. The zero-order valence-electron chi connectivity index (χ0n) is 18.9. The van der Waals surface area contributed by atoms with Gasteiger partial charge in [-0.25, -0.2) is 4.79 Å². The third kappa shape index (κ3) is 3.58. The topological polar surface area (TPSA) is 70.4 Å². The van der Waals surface area contributed by atoms with E-state index in [0.717, 1.165) is 65.3 Å². The maximum absolute atomic E-state index is 13.4. The van der Waals surface area contributed by atoms with E-state index in [1.165, 1.54) is 0 Å². The molecule has 0 aliphatic carbocycles. The highest BCUT2D eigenvalue weighted by molar-refractivity contribution is 5.94. The Morgan fingerprint density at radius 2 is 1.84 bits per heavy atom. The molecule has 2 atom stereocenters. The van der Waals surface area contributed by atoms with Gasteiger partial charge in [0, 0.05) is 22.9 Å². The minimum atomic E-state index is -0.148. The van der Waals surface area contributed by atoms with E-state index in [9.17, 15) is 4.79 Å². The number of benzene rings is 2. The third-order valence-electron chi connectivity index (χ3n) is 7.04. The van der Waals surface area contributed by atoms with Crippen molar-refractivity contribution in [2.24, 2.45) is 5.92 Å². The lowest BCUT2D eigenvalue weighted by atomic mass is 9.85. The fraction of sp³-hybridized carbons (Fsp3) is 0.385. The fourth-order valence-electron chi connectivity index (χ4n) is 5.35. The van der Waals surface area contributed by atoms with Gasteiger partial charge in [-0.2, -0.15) is 0 Å². The van der Waals surface area contributed by atoms with E-state index in [0.29, 0.717) is 5.92 Å². The molecular formula is C26H30N4O2. The second-order valence-electron chi connectivity index (χ2n) is 8.98. The summed E-state index contributed by atoms with van der Waals surface area (Å²) in [5.74, 6) is 1.28. The molecule has 2 aliphatic heterocycles. The Bertz CT molecular complexity index is 1100. The molecule has 6 heteroatoms. The van der Waals surface area contributed by atoms with E-state index in [1.807, 2.05) is 44.2 Å². The van der Waals surface area contributed by atoms with Crippen molar-refractivity contribution in [1.82, 2.24) is 15.4 Å². The fourth-order valence-corrected chi connectivity index (χ4v) is 5.35. The molecule has 2 N–H and O–H groups in total. The number of piperidine rings is 1. The number of urea groups is 1. The summed E-state index contributed by atoms with van der Waals surface area (Å²) in [7, 11) is 0. The van der Waals surface area contributed by atoms with Gasteiger partial charge in [-0.05, 0) is 75.9 Å². The number of hydrogen-bond acceptors (Lipinski definition) is 4.